The fourth-order valence-corrected chi connectivity index (χ4v) is 1.23. The van der Waals surface area contributed by atoms with E-state index in [1.54, 1.807) is 0 Å². The van der Waals surface area contributed by atoms with Crippen molar-refractivity contribution in [3.8, 4) is 0 Å². The number of hydrogen-bond acceptors (Lipinski definition) is 3. The molecule has 1 atom stereocenters. The van der Waals surface area contributed by atoms with Crippen LogP contribution in [0.3, 0.4) is 0 Å². The van der Waals surface area contributed by atoms with Crippen LogP contribution in [-0.2, 0) is 9.59 Å². The van der Waals surface area contributed by atoms with Gasteiger partial charge in [0.15, 0.2) is 0 Å². The topological polar surface area (TPSA) is 86.6 Å². The van der Waals surface area contributed by atoms with Gasteiger partial charge in [-0.25, -0.2) is 0 Å². The smallest absolute Gasteiger partial charge is 0.303 e. The van der Waals surface area contributed by atoms with Crippen LogP contribution in [-0.4, -0.2) is 34.7 Å². The number of carbonyl (C=O) groups is 2. The number of nitrogens with one attached hydrogen (secondary N) is 1. The first-order valence-corrected chi connectivity index (χ1v) is 5.72. The lowest BCUT2D eigenvalue weighted by molar-refractivity contribution is -0.137. The largest absolute Gasteiger partial charge is 0.481 e. The van der Waals surface area contributed by atoms with E-state index in [4.69, 9.17) is 5.11 Å². The molecule has 0 heterocycles. The second-order valence-electron chi connectivity index (χ2n) is 3.80. The average molecular weight is 231 g/mol. The number of hydrogen-bond donors (Lipinski definition) is 3. The van der Waals surface area contributed by atoms with Gasteiger partial charge in [-0.3, -0.25) is 9.59 Å². The second-order valence-corrected chi connectivity index (χ2v) is 3.80. The van der Waals surface area contributed by atoms with Crippen LogP contribution in [0.25, 0.3) is 0 Å². The Bertz CT molecular complexity index is 218. The Hall–Kier alpha value is -1.10. The van der Waals surface area contributed by atoms with Gasteiger partial charge in [-0.2, -0.15) is 0 Å². The quantitative estimate of drug-likeness (QED) is 0.515. The molecule has 0 rings (SSSR count). The number of amides is 1. The lowest BCUT2D eigenvalue weighted by Crippen LogP contribution is -2.26. The summed E-state index contributed by atoms with van der Waals surface area (Å²) in [4.78, 5) is 21.4. The highest BCUT2D eigenvalue weighted by Crippen LogP contribution is 2.00. The molecule has 0 aliphatic rings. The van der Waals surface area contributed by atoms with Crippen molar-refractivity contribution in [2.75, 3.05) is 6.54 Å². The van der Waals surface area contributed by atoms with Crippen molar-refractivity contribution in [3.05, 3.63) is 0 Å². The normalized spacial score (nSPS) is 12.1. The SMILES string of the molecule is CCC(O)CCNC(=O)CCCCC(=O)O. The molecule has 0 aromatic rings. The molecule has 0 spiro atoms. The molecule has 0 fully saturated rings. The highest BCUT2D eigenvalue weighted by Gasteiger charge is 2.04. The predicted molar refractivity (Wildman–Crippen MR) is 60.0 cm³/mol. The number of carbonyl (C=O) groups excluding carboxylic acids is 1. The van der Waals surface area contributed by atoms with Gasteiger partial charge < -0.3 is 15.5 Å². The number of aliphatic hydroxyl groups excluding tert-OH is 1. The molecule has 0 saturated carbocycles. The van der Waals surface area contributed by atoms with Gasteiger partial charge in [-0.15, -0.1) is 0 Å². The molecule has 16 heavy (non-hydrogen) atoms. The first kappa shape index (κ1) is 14.9. The molecule has 5 nitrogen and oxygen atoms in total. The molecule has 0 bridgehead atoms. The molecule has 0 aliphatic heterocycles. The van der Waals surface area contributed by atoms with E-state index in [0.29, 0.717) is 38.6 Å². The van der Waals surface area contributed by atoms with Crippen LogP contribution in [0.2, 0.25) is 0 Å². The third-order valence-corrected chi connectivity index (χ3v) is 2.32. The van der Waals surface area contributed by atoms with Gasteiger partial charge in [0, 0.05) is 19.4 Å². The standard InChI is InChI=1S/C11H21NO4/c1-2-9(13)7-8-12-10(14)5-3-4-6-11(15)16/h9,13H,2-8H2,1H3,(H,12,14)(H,15,16). The van der Waals surface area contributed by atoms with E-state index in [9.17, 15) is 14.7 Å². The number of carboxylic acid groups (broad SMARTS) is 1. The number of unbranched alkanes of at least 4 members (excludes halogenated alkanes) is 1. The van der Waals surface area contributed by atoms with Gasteiger partial charge in [0.05, 0.1) is 6.10 Å². The molecular weight excluding hydrogens is 210 g/mol. The van der Waals surface area contributed by atoms with Crippen LogP contribution < -0.4 is 5.32 Å². The summed E-state index contributed by atoms with van der Waals surface area (Å²) in [5, 5.41) is 20.3. The zero-order valence-corrected chi connectivity index (χ0v) is 9.74. The molecule has 0 radical (unpaired) electrons. The Kier molecular flexibility index (Phi) is 8.52. The Morgan fingerprint density at radius 2 is 1.88 bits per heavy atom. The molecule has 5 heteroatoms. The maximum Gasteiger partial charge on any atom is 0.303 e. The lowest BCUT2D eigenvalue weighted by Gasteiger charge is -2.08. The van der Waals surface area contributed by atoms with E-state index in [2.05, 4.69) is 5.32 Å². The van der Waals surface area contributed by atoms with Crippen molar-refractivity contribution >= 4 is 11.9 Å². The molecule has 1 amide bonds. The van der Waals surface area contributed by atoms with Crippen LogP contribution in [0.15, 0.2) is 0 Å². The van der Waals surface area contributed by atoms with E-state index < -0.39 is 5.97 Å². The van der Waals surface area contributed by atoms with Crippen molar-refractivity contribution in [2.24, 2.45) is 0 Å². The van der Waals surface area contributed by atoms with Crippen LogP contribution in [0, 0.1) is 0 Å². The minimum atomic E-state index is -0.827. The van der Waals surface area contributed by atoms with E-state index >= 15 is 0 Å². The summed E-state index contributed by atoms with van der Waals surface area (Å²) < 4.78 is 0. The minimum absolute atomic E-state index is 0.0753. The van der Waals surface area contributed by atoms with Crippen molar-refractivity contribution in [2.45, 2.75) is 51.6 Å². The molecule has 0 aliphatic carbocycles. The van der Waals surface area contributed by atoms with Crippen LogP contribution in [0.1, 0.15) is 45.4 Å². The molecule has 94 valence electrons. The summed E-state index contributed by atoms with van der Waals surface area (Å²) in [6.07, 6.45) is 2.49. The Balaban J connectivity index is 3.34. The Labute approximate surface area is 95.9 Å². The molecule has 1 unspecified atom stereocenters. The van der Waals surface area contributed by atoms with E-state index in [-0.39, 0.29) is 18.4 Å². The second kappa shape index (κ2) is 9.15. The lowest BCUT2D eigenvalue weighted by atomic mass is 10.2. The first-order chi connectivity index (χ1) is 7.56. The van der Waals surface area contributed by atoms with E-state index in [1.165, 1.54) is 0 Å². The van der Waals surface area contributed by atoms with Crippen molar-refractivity contribution in [1.82, 2.24) is 5.32 Å². The highest BCUT2D eigenvalue weighted by molar-refractivity contribution is 5.75. The molecular formula is C11H21NO4. The first-order valence-electron chi connectivity index (χ1n) is 5.72. The Morgan fingerprint density at radius 3 is 2.44 bits per heavy atom. The fraction of sp³-hybridized carbons (Fsp3) is 0.818. The number of aliphatic hydroxyl groups is 1. The van der Waals surface area contributed by atoms with Crippen molar-refractivity contribution < 1.29 is 19.8 Å². The summed E-state index contributed by atoms with van der Waals surface area (Å²) in [5.74, 6) is -0.903. The number of carboxylic acids is 1. The molecule has 3 N–H and O–H groups in total. The number of rotatable bonds is 9. The van der Waals surface area contributed by atoms with Gasteiger partial charge in [0.1, 0.15) is 0 Å². The monoisotopic (exact) mass is 231 g/mol. The van der Waals surface area contributed by atoms with Gasteiger partial charge in [-0.1, -0.05) is 6.92 Å². The third kappa shape index (κ3) is 9.45. The predicted octanol–water partition coefficient (Wildman–Crippen LogP) is 0.909. The van der Waals surface area contributed by atoms with Crippen molar-refractivity contribution in [3.63, 3.8) is 0 Å². The summed E-state index contributed by atoms with van der Waals surface area (Å²) in [7, 11) is 0. The molecule has 0 aromatic heterocycles. The van der Waals surface area contributed by atoms with Gasteiger partial charge >= 0.3 is 5.97 Å². The van der Waals surface area contributed by atoms with Gasteiger partial charge in [-0.05, 0) is 25.7 Å². The highest BCUT2D eigenvalue weighted by atomic mass is 16.4. The molecule has 0 aromatic carbocycles. The average Bonchev–Trinajstić information content (AvgIpc) is 2.24. The third-order valence-electron chi connectivity index (χ3n) is 2.32. The van der Waals surface area contributed by atoms with Gasteiger partial charge in [0.25, 0.3) is 0 Å². The maximum atomic E-state index is 11.2. The summed E-state index contributed by atoms with van der Waals surface area (Å²) in [5.41, 5.74) is 0. The zero-order chi connectivity index (χ0) is 12.4. The van der Waals surface area contributed by atoms with E-state index in [0.717, 1.165) is 0 Å². The zero-order valence-electron chi connectivity index (χ0n) is 9.74. The minimum Gasteiger partial charge on any atom is -0.481 e. The van der Waals surface area contributed by atoms with Crippen molar-refractivity contribution in [1.29, 1.82) is 0 Å². The van der Waals surface area contributed by atoms with Crippen LogP contribution in [0.4, 0.5) is 0 Å². The summed E-state index contributed by atoms with van der Waals surface area (Å²) in [6, 6.07) is 0. The summed E-state index contributed by atoms with van der Waals surface area (Å²) in [6.45, 7) is 2.37. The van der Waals surface area contributed by atoms with Crippen LogP contribution in [0.5, 0.6) is 0 Å². The fourth-order valence-electron chi connectivity index (χ4n) is 1.23. The Morgan fingerprint density at radius 1 is 1.25 bits per heavy atom. The molecule has 0 saturated heterocycles. The summed E-state index contributed by atoms with van der Waals surface area (Å²) >= 11 is 0. The van der Waals surface area contributed by atoms with Crippen LogP contribution >= 0.6 is 0 Å². The maximum absolute atomic E-state index is 11.2. The van der Waals surface area contributed by atoms with E-state index in [1.807, 2.05) is 6.92 Å². The number of aliphatic carboxylic acids is 1. The van der Waals surface area contributed by atoms with Gasteiger partial charge in [0.2, 0.25) is 5.91 Å².